The second kappa shape index (κ2) is 6.31. The normalized spacial score (nSPS) is 18.1. The quantitative estimate of drug-likeness (QED) is 0.863. The zero-order chi connectivity index (χ0) is 15.4. The molecular formula is C17H18N2O2. The molecule has 4 nitrogen and oxygen atoms in total. The Morgan fingerprint density at radius 3 is 2.48 bits per heavy atom. The standard InChI is InChI=1S/C17H18N2O2/c1-4-18-14-10-6-9-13(17(20)21)16(14)19-15-11(2)7-5-8-12(15)3/h5-10H,4H2,1-3H3,(H,20,21). The molecule has 0 saturated heterocycles. The van der Waals surface area contributed by atoms with Gasteiger partial charge in [-0.25, -0.2) is 9.79 Å². The number of aryl methyl sites for hydroxylation is 2. The van der Waals surface area contributed by atoms with E-state index in [1.165, 1.54) is 0 Å². The highest BCUT2D eigenvalue weighted by Crippen LogP contribution is 2.25. The molecule has 0 unspecified atom stereocenters. The molecule has 0 amide bonds. The minimum atomic E-state index is -0.992. The molecule has 0 heterocycles. The average Bonchev–Trinajstić information content (AvgIpc) is 2.44. The Morgan fingerprint density at radius 1 is 1.24 bits per heavy atom. The van der Waals surface area contributed by atoms with Crippen molar-refractivity contribution < 1.29 is 9.90 Å². The Morgan fingerprint density at radius 2 is 1.90 bits per heavy atom. The molecule has 1 N–H and O–H groups in total. The van der Waals surface area contributed by atoms with Crippen LogP contribution in [0.4, 0.5) is 5.69 Å². The number of nitrogens with zero attached hydrogens (tertiary/aromatic N) is 2. The van der Waals surface area contributed by atoms with Crippen molar-refractivity contribution in [3.63, 3.8) is 0 Å². The molecule has 0 atom stereocenters. The van der Waals surface area contributed by atoms with Crippen molar-refractivity contribution >= 4 is 23.1 Å². The third-order valence-electron chi connectivity index (χ3n) is 3.24. The van der Waals surface area contributed by atoms with Crippen LogP contribution in [0.25, 0.3) is 0 Å². The molecule has 1 aromatic carbocycles. The van der Waals surface area contributed by atoms with Crippen LogP contribution in [-0.4, -0.2) is 29.0 Å². The van der Waals surface area contributed by atoms with Crippen LogP contribution in [0, 0.1) is 13.8 Å². The van der Waals surface area contributed by atoms with Gasteiger partial charge in [0.05, 0.1) is 17.0 Å². The number of aliphatic carboxylic acids is 1. The molecule has 108 valence electrons. The Bertz CT molecular complexity index is 674. The van der Waals surface area contributed by atoms with E-state index < -0.39 is 5.97 Å². The van der Waals surface area contributed by atoms with Gasteiger partial charge in [0.25, 0.3) is 0 Å². The molecule has 1 aromatic rings. The fourth-order valence-electron chi connectivity index (χ4n) is 2.21. The molecule has 0 fully saturated rings. The summed E-state index contributed by atoms with van der Waals surface area (Å²) >= 11 is 0. The second-order valence-corrected chi connectivity index (χ2v) is 4.81. The van der Waals surface area contributed by atoms with E-state index in [2.05, 4.69) is 9.98 Å². The zero-order valence-electron chi connectivity index (χ0n) is 12.4. The Labute approximate surface area is 124 Å². The van der Waals surface area contributed by atoms with Crippen molar-refractivity contribution in [1.82, 2.24) is 0 Å². The van der Waals surface area contributed by atoms with E-state index in [0.29, 0.717) is 18.0 Å². The number of aliphatic imine (C=N–C) groups is 2. The molecule has 0 bridgehead atoms. The minimum Gasteiger partial charge on any atom is -0.478 e. The molecule has 0 spiro atoms. The molecule has 1 aliphatic rings. The summed E-state index contributed by atoms with van der Waals surface area (Å²) < 4.78 is 0. The molecule has 4 heteroatoms. The minimum absolute atomic E-state index is 0.173. The number of hydrogen-bond acceptors (Lipinski definition) is 3. The van der Waals surface area contributed by atoms with Gasteiger partial charge in [-0.1, -0.05) is 24.3 Å². The van der Waals surface area contributed by atoms with Crippen molar-refractivity contribution in [3.8, 4) is 0 Å². The van der Waals surface area contributed by atoms with Crippen molar-refractivity contribution in [3.05, 3.63) is 53.1 Å². The fraction of sp³-hybridized carbons (Fsp3) is 0.235. The van der Waals surface area contributed by atoms with Gasteiger partial charge in [-0.05, 0) is 44.1 Å². The fourth-order valence-corrected chi connectivity index (χ4v) is 2.21. The molecule has 0 aromatic heterocycles. The number of allylic oxidation sites excluding steroid dienone is 3. The lowest BCUT2D eigenvalue weighted by atomic mass is 9.99. The third kappa shape index (κ3) is 3.16. The van der Waals surface area contributed by atoms with Crippen LogP contribution >= 0.6 is 0 Å². The third-order valence-corrected chi connectivity index (χ3v) is 3.24. The van der Waals surface area contributed by atoms with E-state index in [4.69, 9.17) is 0 Å². The van der Waals surface area contributed by atoms with E-state index in [1.807, 2.05) is 39.0 Å². The van der Waals surface area contributed by atoms with Crippen molar-refractivity contribution in [2.24, 2.45) is 9.98 Å². The number of carboxylic acids is 1. The maximum atomic E-state index is 11.4. The lowest BCUT2D eigenvalue weighted by Crippen LogP contribution is -2.23. The first-order valence-corrected chi connectivity index (χ1v) is 6.86. The summed E-state index contributed by atoms with van der Waals surface area (Å²) in [5, 5.41) is 9.37. The Balaban J connectivity index is 2.63. The predicted octanol–water partition coefficient (Wildman–Crippen LogP) is 3.42. The molecular weight excluding hydrogens is 264 g/mol. The van der Waals surface area contributed by atoms with E-state index in [-0.39, 0.29) is 5.57 Å². The van der Waals surface area contributed by atoms with Crippen LogP contribution in [0.3, 0.4) is 0 Å². The number of benzene rings is 1. The maximum Gasteiger partial charge on any atom is 0.337 e. The monoisotopic (exact) mass is 282 g/mol. The SMILES string of the molecule is CCN=C1C=CC=C(C(=O)O)C1=Nc1c(C)cccc1C. The van der Waals surface area contributed by atoms with Crippen LogP contribution < -0.4 is 0 Å². The van der Waals surface area contributed by atoms with Gasteiger partial charge in [0.1, 0.15) is 5.71 Å². The van der Waals surface area contributed by atoms with Crippen molar-refractivity contribution in [1.29, 1.82) is 0 Å². The number of rotatable bonds is 3. The first-order valence-electron chi connectivity index (χ1n) is 6.86. The Kier molecular flexibility index (Phi) is 4.48. The molecule has 0 saturated carbocycles. The van der Waals surface area contributed by atoms with Gasteiger partial charge < -0.3 is 5.11 Å². The van der Waals surface area contributed by atoms with Crippen LogP contribution in [0.15, 0.2) is 52.0 Å². The molecule has 21 heavy (non-hydrogen) atoms. The number of hydrogen-bond donors (Lipinski definition) is 1. The lowest BCUT2D eigenvalue weighted by molar-refractivity contribution is -0.132. The van der Waals surface area contributed by atoms with Crippen LogP contribution in [-0.2, 0) is 4.79 Å². The lowest BCUT2D eigenvalue weighted by Gasteiger charge is -2.13. The summed E-state index contributed by atoms with van der Waals surface area (Å²) in [6, 6.07) is 5.89. The summed E-state index contributed by atoms with van der Waals surface area (Å²) in [6.45, 7) is 6.42. The largest absolute Gasteiger partial charge is 0.478 e. The van der Waals surface area contributed by atoms with Crippen molar-refractivity contribution in [2.45, 2.75) is 20.8 Å². The highest BCUT2D eigenvalue weighted by molar-refractivity contribution is 6.57. The van der Waals surface area contributed by atoms with E-state index in [0.717, 1.165) is 16.8 Å². The van der Waals surface area contributed by atoms with Gasteiger partial charge in [0, 0.05) is 6.54 Å². The van der Waals surface area contributed by atoms with Gasteiger partial charge in [-0.2, -0.15) is 0 Å². The first-order chi connectivity index (χ1) is 10.0. The van der Waals surface area contributed by atoms with Gasteiger partial charge in [0.15, 0.2) is 0 Å². The van der Waals surface area contributed by atoms with Crippen molar-refractivity contribution in [2.75, 3.05) is 6.54 Å². The summed E-state index contributed by atoms with van der Waals surface area (Å²) in [7, 11) is 0. The van der Waals surface area contributed by atoms with Gasteiger partial charge >= 0.3 is 5.97 Å². The van der Waals surface area contributed by atoms with Crippen LogP contribution in [0.2, 0.25) is 0 Å². The summed E-state index contributed by atoms with van der Waals surface area (Å²) in [5.41, 5.74) is 4.03. The van der Waals surface area contributed by atoms with Gasteiger partial charge in [0.2, 0.25) is 0 Å². The topological polar surface area (TPSA) is 62.0 Å². The molecule has 2 rings (SSSR count). The second-order valence-electron chi connectivity index (χ2n) is 4.81. The molecule has 1 aliphatic carbocycles. The van der Waals surface area contributed by atoms with E-state index in [9.17, 15) is 9.90 Å². The summed E-state index contributed by atoms with van der Waals surface area (Å²) in [6.07, 6.45) is 5.05. The van der Waals surface area contributed by atoms with Crippen LogP contribution in [0.5, 0.6) is 0 Å². The number of carbonyl (C=O) groups is 1. The summed E-state index contributed by atoms with van der Waals surface area (Å²) in [4.78, 5) is 20.4. The predicted molar refractivity (Wildman–Crippen MR) is 85.8 cm³/mol. The zero-order valence-corrected chi connectivity index (χ0v) is 12.4. The van der Waals surface area contributed by atoms with E-state index >= 15 is 0 Å². The highest BCUT2D eigenvalue weighted by Gasteiger charge is 2.21. The number of para-hydroxylation sites is 1. The first kappa shape index (κ1) is 14.9. The summed E-state index contributed by atoms with van der Waals surface area (Å²) in [5.74, 6) is -0.992. The maximum absolute atomic E-state index is 11.4. The van der Waals surface area contributed by atoms with E-state index in [1.54, 1.807) is 18.2 Å². The van der Waals surface area contributed by atoms with Gasteiger partial charge in [-0.3, -0.25) is 4.99 Å². The van der Waals surface area contributed by atoms with Crippen LogP contribution in [0.1, 0.15) is 18.1 Å². The number of carboxylic acid groups (broad SMARTS) is 1. The average molecular weight is 282 g/mol. The molecule has 0 radical (unpaired) electrons. The Hall–Kier alpha value is -2.49. The van der Waals surface area contributed by atoms with Gasteiger partial charge in [-0.15, -0.1) is 0 Å². The smallest absolute Gasteiger partial charge is 0.337 e. The molecule has 0 aliphatic heterocycles. The highest BCUT2D eigenvalue weighted by atomic mass is 16.4.